The van der Waals surface area contributed by atoms with Gasteiger partial charge in [0.15, 0.2) is 0 Å². The fourth-order valence-electron chi connectivity index (χ4n) is 3.89. The number of amides is 3. The fourth-order valence-corrected chi connectivity index (χ4v) is 3.89. The Labute approximate surface area is 218 Å². The molecule has 202 valence electrons. The Balaban J connectivity index is 3.68. The van der Waals surface area contributed by atoms with Crippen LogP contribution >= 0.6 is 0 Å². The Hall–Kier alpha value is -2.83. The van der Waals surface area contributed by atoms with E-state index in [0.717, 1.165) is 5.56 Å². The smallest absolute Gasteiger partial charge is 0.408 e. The number of alkyl carbamates (subject to hydrolysis) is 1. The van der Waals surface area contributed by atoms with Crippen molar-refractivity contribution in [3.8, 4) is 0 Å². The summed E-state index contributed by atoms with van der Waals surface area (Å²) in [4.78, 5) is 42.3. The van der Waals surface area contributed by atoms with E-state index in [2.05, 4.69) is 17.2 Å². The molecule has 0 saturated carbocycles. The predicted octanol–water partition coefficient (Wildman–Crippen LogP) is 5.85. The molecule has 7 nitrogen and oxygen atoms in total. The number of benzene rings is 1. The average Bonchev–Trinajstić information content (AvgIpc) is 2.74. The van der Waals surface area contributed by atoms with Gasteiger partial charge in [-0.1, -0.05) is 51.6 Å². The maximum atomic E-state index is 14.3. The van der Waals surface area contributed by atoms with Crippen molar-refractivity contribution in [3.05, 3.63) is 42.0 Å². The Bertz CT molecular complexity index is 915. The van der Waals surface area contributed by atoms with Crippen molar-refractivity contribution in [2.45, 2.75) is 111 Å². The number of hydrogen-bond acceptors (Lipinski definition) is 4. The Morgan fingerprint density at radius 3 is 2.14 bits per heavy atom. The molecule has 0 radical (unpaired) electrons. The molecular weight excluding hydrogens is 454 g/mol. The number of nitrogens with one attached hydrogen (secondary N) is 2. The molecule has 3 amide bonds. The summed E-state index contributed by atoms with van der Waals surface area (Å²) < 4.78 is 5.46. The van der Waals surface area contributed by atoms with Gasteiger partial charge in [-0.15, -0.1) is 0 Å². The molecule has 7 heteroatoms. The van der Waals surface area contributed by atoms with Crippen LogP contribution < -0.4 is 10.6 Å². The molecule has 0 fully saturated rings. The summed E-state index contributed by atoms with van der Waals surface area (Å²) in [6.45, 7) is 22.8. The Morgan fingerprint density at radius 2 is 1.67 bits per heavy atom. The van der Waals surface area contributed by atoms with Gasteiger partial charge in [-0.3, -0.25) is 9.59 Å². The molecule has 1 rings (SSSR count). The van der Waals surface area contributed by atoms with Crippen LogP contribution in [-0.2, 0) is 14.3 Å². The van der Waals surface area contributed by atoms with E-state index in [1.807, 2.05) is 72.7 Å². The number of carbonyl (C=O) groups is 3. The first-order valence-corrected chi connectivity index (χ1v) is 12.9. The van der Waals surface area contributed by atoms with Crippen LogP contribution in [0.25, 0.3) is 6.08 Å². The summed E-state index contributed by atoms with van der Waals surface area (Å²) in [6, 6.07) is 5.61. The van der Waals surface area contributed by atoms with Gasteiger partial charge < -0.3 is 20.3 Å². The van der Waals surface area contributed by atoms with Crippen molar-refractivity contribution < 1.29 is 19.1 Å². The number of carbonyl (C=O) groups excluding carboxylic acids is 3. The van der Waals surface area contributed by atoms with Crippen LogP contribution in [0.5, 0.6) is 0 Å². The molecule has 0 aliphatic carbocycles. The summed E-state index contributed by atoms with van der Waals surface area (Å²) in [6.07, 6.45) is 2.06. The third kappa shape index (κ3) is 9.32. The second-order valence-corrected chi connectivity index (χ2v) is 11.6. The minimum absolute atomic E-state index is 0.115. The lowest BCUT2D eigenvalue weighted by molar-refractivity contribution is -0.149. The third-order valence-corrected chi connectivity index (χ3v) is 5.85. The molecule has 2 unspecified atom stereocenters. The van der Waals surface area contributed by atoms with Crippen molar-refractivity contribution in [3.63, 3.8) is 0 Å². The maximum Gasteiger partial charge on any atom is 0.408 e. The van der Waals surface area contributed by atoms with E-state index in [9.17, 15) is 14.4 Å². The van der Waals surface area contributed by atoms with Crippen LogP contribution in [0.15, 0.2) is 30.8 Å². The van der Waals surface area contributed by atoms with Gasteiger partial charge in [-0.25, -0.2) is 4.79 Å². The van der Waals surface area contributed by atoms with Crippen molar-refractivity contribution >= 4 is 24.0 Å². The highest BCUT2D eigenvalue weighted by Gasteiger charge is 2.43. The van der Waals surface area contributed by atoms with Gasteiger partial charge in [-0.05, 0) is 84.4 Å². The van der Waals surface area contributed by atoms with E-state index >= 15 is 0 Å². The van der Waals surface area contributed by atoms with Crippen LogP contribution in [-0.4, -0.2) is 46.0 Å². The highest BCUT2D eigenvalue weighted by molar-refractivity contribution is 5.92. The second-order valence-electron chi connectivity index (χ2n) is 11.6. The van der Waals surface area contributed by atoms with E-state index in [1.165, 1.54) is 0 Å². The van der Waals surface area contributed by atoms with Crippen LogP contribution in [0.2, 0.25) is 0 Å². The predicted molar refractivity (Wildman–Crippen MR) is 146 cm³/mol. The zero-order valence-electron chi connectivity index (χ0n) is 23.9. The van der Waals surface area contributed by atoms with E-state index < -0.39 is 29.3 Å². The highest BCUT2D eigenvalue weighted by atomic mass is 16.6. The SMILES string of the molecule is C=Cc1cccc(C(C(=O)NC(C)C)N(C(=O)C(CC(C)C)NC(=O)OC(C)(C)C)C(C)(C)CC)c1. The van der Waals surface area contributed by atoms with E-state index in [0.29, 0.717) is 18.4 Å². The zero-order chi connectivity index (χ0) is 27.8. The van der Waals surface area contributed by atoms with Crippen molar-refractivity contribution in [2.75, 3.05) is 0 Å². The van der Waals surface area contributed by atoms with Gasteiger partial charge in [-0.2, -0.15) is 0 Å². The first-order chi connectivity index (χ1) is 16.5. The van der Waals surface area contributed by atoms with Gasteiger partial charge >= 0.3 is 6.09 Å². The average molecular weight is 502 g/mol. The van der Waals surface area contributed by atoms with E-state index in [-0.39, 0.29) is 23.8 Å². The highest BCUT2D eigenvalue weighted by Crippen LogP contribution is 2.33. The lowest BCUT2D eigenvalue weighted by Crippen LogP contribution is -2.59. The number of rotatable bonds is 11. The normalized spacial score (nSPS) is 13.7. The summed E-state index contributed by atoms with van der Waals surface area (Å²) in [5.41, 5.74) is 0.136. The lowest BCUT2D eigenvalue weighted by atomic mass is 9.90. The summed E-state index contributed by atoms with van der Waals surface area (Å²) >= 11 is 0. The molecule has 0 aliphatic heterocycles. The summed E-state index contributed by atoms with van der Waals surface area (Å²) in [5.74, 6) is -0.483. The van der Waals surface area contributed by atoms with Crippen molar-refractivity contribution in [2.24, 2.45) is 5.92 Å². The van der Waals surface area contributed by atoms with Gasteiger partial charge in [0, 0.05) is 11.6 Å². The van der Waals surface area contributed by atoms with E-state index in [1.54, 1.807) is 31.7 Å². The molecule has 2 atom stereocenters. The van der Waals surface area contributed by atoms with Gasteiger partial charge in [0.05, 0.1) is 0 Å². The van der Waals surface area contributed by atoms with Crippen LogP contribution in [0.4, 0.5) is 4.79 Å². The van der Waals surface area contributed by atoms with E-state index in [4.69, 9.17) is 4.74 Å². The molecular formula is C29H47N3O4. The minimum Gasteiger partial charge on any atom is -0.444 e. The molecule has 0 heterocycles. The molecule has 1 aromatic carbocycles. The topological polar surface area (TPSA) is 87.7 Å². The van der Waals surface area contributed by atoms with Crippen LogP contribution in [0, 0.1) is 5.92 Å². The monoisotopic (exact) mass is 501 g/mol. The number of ether oxygens (including phenoxy) is 1. The minimum atomic E-state index is -0.898. The molecule has 0 aromatic heterocycles. The fraction of sp³-hybridized carbons (Fsp3) is 0.621. The summed E-state index contributed by atoms with van der Waals surface area (Å²) in [7, 11) is 0. The number of nitrogens with zero attached hydrogens (tertiary/aromatic N) is 1. The van der Waals surface area contributed by atoms with Gasteiger partial charge in [0.25, 0.3) is 0 Å². The third-order valence-electron chi connectivity index (χ3n) is 5.85. The molecule has 0 spiro atoms. The van der Waals surface area contributed by atoms with Crippen LogP contribution in [0.3, 0.4) is 0 Å². The quantitative estimate of drug-likeness (QED) is 0.398. The second kappa shape index (κ2) is 12.9. The molecule has 1 aromatic rings. The van der Waals surface area contributed by atoms with Crippen molar-refractivity contribution in [1.29, 1.82) is 0 Å². The zero-order valence-corrected chi connectivity index (χ0v) is 23.9. The molecule has 0 bridgehead atoms. The standard InChI is InChI=1S/C29H47N3O4/c1-12-21-15-14-16-22(18-21)24(25(33)30-20(5)6)32(29(10,11)13-2)26(34)23(17-19(3)4)31-27(35)36-28(7,8)9/h12,14-16,18-20,23-24H,1,13,17H2,2-11H3,(H,30,33)(H,31,35). The first-order valence-electron chi connectivity index (χ1n) is 12.9. The Kier molecular flexibility index (Phi) is 11.2. The van der Waals surface area contributed by atoms with Gasteiger partial charge in [0.2, 0.25) is 11.8 Å². The van der Waals surface area contributed by atoms with Crippen molar-refractivity contribution in [1.82, 2.24) is 15.5 Å². The largest absolute Gasteiger partial charge is 0.444 e. The Morgan fingerprint density at radius 1 is 1.06 bits per heavy atom. The molecule has 0 saturated heterocycles. The summed E-state index contributed by atoms with van der Waals surface area (Å²) in [5, 5.41) is 5.78. The number of hydrogen-bond donors (Lipinski definition) is 2. The first kappa shape index (κ1) is 31.2. The molecule has 36 heavy (non-hydrogen) atoms. The lowest BCUT2D eigenvalue weighted by Gasteiger charge is -2.45. The maximum absolute atomic E-state index is 14.3. The molecule has 2 N–H and O–H groups in total. The van der Waals surface area contributed by atoms with Gasteiger partial charge in [0.1, 0.15) is 17.7 Å². The van der Waals surface area contributed by atoms with Crippen LogP contribution in [0.1, 0.15) is 99.2 Å². The molecule has 0 aliphatic rings.